The summed E-state index contributed by atoms with van der Waals surface area (Å²) in [7, 11) is 0. The molecule has 1 saturated heterocycles. The van der Waals surface area contributed by atoms with Gasteiger partial charge < -0.3 is 32.1 Å². The number of aliphatic carboxylic acids is 1. The fourth-order valence-electron chi connectivity index (χ4n) is 3.14. The Bertz CT molecular complexity index is 675. The molecule has 7 N–H and O–H groups in total. The Kier molecular flexibility index (Phi) is 10.1. The van der Waals surface area contributed by atoms with E-state index in [1.165, 1.54) is 0 Å². The molecule has 1 fully saturated rings. The van der Waals surface area contributed by atoms with Crippen LogP contribution in [0, 0.1) is 5.92 Å². The number of primary amides is 1. The number of carbonyl (C=O) groups excluding carboxylic acids is 4. The summed E-state index contributed by atoms with van der Waals surface area (Å²) < 4.78 is 0. The summed E-state index contributed by atoms with van der Waals surface area (Å²) in [5, 5.41) is 14.2. The number of carboxylic acid groups (broad SMARTS) is 1. The van der Waals surface area contributed by atoms with Crippen molar-refractivity contribution in [3.05, 3.63) is 0 Å². The van der Waals surface area contributed by atoms with Gasteiger partial charge in [0.05, 0.1) is 12.5 Å². The van der Waals surface area contributed by atoms with E-state index in [0.29, 0.717) is 12.8 Å². The summed E-state index contributed by atoms with van der Waals surface area (Å²) in [6.45, 7) is 3.87. The van der Waals surface area contributed by atoms with Crippen LogP contribution in [0.3, 0.4) is 0 Å². The SMILES string of the molecule is CCC(C)C(N)C(=O)NC(CS)C(=O)NC(CC(N)=O)C(=O)N1CCCC1C(=O)O. The number of thiol groups is 1. The third-order valence-electron chi connectivity index (χ3n) is 5.22. The minimum atomic E-state index is -1.35. The lowest BCUT2D eigenvalue weighted by Crippen LogP contribution is -2.58. The highest BCUT2D eigenvalue weighted by atomic mass is 32.1. The zero-order chi connectivity index (χ0) is 23.0. The molecule has 5 atom stereocenters. The number of likely N-dealkylation sites (tertiary alicyclic amines) is 1. The lowest BCUT2D eigenvalue weighted by atomic mass is 9.99. The van der Waals surface area contributed by atoms with Crippen LogP contribution in [0.15, 0.2) is 0 Å². The number of nitrogens with two attached hydrogens (primary N) is 2. The number of carbonyl (C=O) groups is 5. The van der Waals surface area contributed by atoms with Gasteiger partial charge in [-0.15, -0.1) is 0 Å². The molecule has 170 valence electrons. The molecule has 5 unspecified atom stereocenters. The second kappa shape index (κ2) is 11.7. The normalized spacial score (nSPS) is 20.0. The third-order valence-corrected chi connectivity index (χ3v) is 5.58. The highest BCUT2D eigenvalue weighted by molar-refractivity contribution is 7.80. The zero-order valence-corrected chi connectivity index (χ0v) is 18.1. The van der Waals surface area contributed by atoms with Crippen molar-refractivity contribution in [2.45, 2.75) is 63.7 Å². The maximum absolute atomic E-state index is 12.8. The van der Waals surface area contributed by atoms with Gasteiger partial charge in [-0.3, -0.25) is 19.2 Å². The monoisotopic (exact) mass is 445 g/mol. The van der Waals surface area contributed by atoms with Crippen molar-refractivity contribution in [1.29, 1.82) is 0 Å². The van der Waals surface area contributed by atoms with Gasteiger partial charge in [0.1, 0.15) is 18.1 Å². The molecule has 0 bridgehead atoms. The topological polar surface area (TPSA) is 185 Å². The van der Waals surface area contributed by atoms with Crippen molar-refractivity contribution in [3.63, 3.8) is 0 Å². The first-order valence-corrected chi connectivity index (χ1v) is 10.4. The van der Waals surface area contributed by atoms with Gasteiger partial charge in [0.25, 0.3) is 0 Å². The summed E-state index contributed by atoms with van der Waals surface area (Å²) in [5.74, 6) is -4.20. The van der Waals surface area contributed by atoms with Crippen molar-refractivity contribution in [2.24, 2.45) is 17.4 Å². The van der Waals surface area contributed by atoms with Crippen LogP contribution in [0.25, 0.3) is 0 Å². The van der Waals surface area contributed by atoms with E-state index >= 15 is 0 Å². The molecule has 30 heavy (non-hydrogen) atoms. The van der Waals surface area contributed by atoms with Gasteiger partial charge in [0, 0.05) is 12.3 Å². The largest absolute Gasteiger partial charge is 0.480 e. The van der Waals surface area contributed by atoms with Crippen molar-refractivity contribution >= 4 is 42.2 Å². The van der Waals surface area contributed by atoms with E-state index in [9.17, 15) is 29.1 Å². The first-order valence-electron chi connectivity index (χ1n) is 9.82. The minimum Gasteiger partial charge on any atom is -0.480 e. The molecule has 1 aliphatic rings. The summed E-state index contributed by atoms with van der Waals surface area (Å²) in [4.78, 5) is 61.6. The van der Waals surface area contributed by atoms with Gasteiger partial charge in [-0.1, -0.05) is 20.3 Å². The van der Waals surface area contributed by atoms with Crippen molar-refractivity contribution < 1.29 is 29.1 Å². The number of hydrogen-bond donors (Lipinski definition) is 6. The van der Waals surface area contributed by atoms with Gasteiger partial charge in [-0.05, 0) is 18.8 Å². The minimum absolute atomic E-state index is 0.0796. The fourth-order valence-corrected chi connectivity index (χ4v) is 3.39. The van der Waals surface area contributed by atoms with E-state index in [2.05, 4.69) is 23.3 Å². The number of rotatable bonds is 11. The second-order valence-electron chi connectivity index (χ2n) is 7.41. The quantitative estimate of drug-likeness (QED) is 0.203. The van der Waals surface area contributed by atoms with Crippen LogP contribution in [-0.2, 0) is 24.0 Å². The highest BCUT2D eigenvalue weighted by Gasteiger charge is 2.38. The van der Waals surface area contributed by atoms with E-state index in [4.69, 9.17) is 11.5 Å². The zero-order valence-electron chi connectivity index (χ0n) is 17.2. The molecule has 0 spiro atoms. The predicted molar refractivity (Wildman–Crippen MR) is 111 cm³/mol. The lowest BCUT2D eigenvalue weighted by Gasteiger charge is -2.28. The van der Waals surface area contributed by atoms with Crippen molar-refractivity contribution in [1.82, 2.24) is 15.5 Å². The van der Waals surface area contributed by atoms with Crippen LogP contribution in [0.1, 0.15) is 39.5 Å². The third kappa shape index (κ3) is 6.87. The molecular weight excluding hydrogens is 414 g/mol. The van der Waals surface area contributed by atoms with Crippen LogP contribution < -0.4 is 22.1 Å². The molecular formula is C18H31N5O6S. The van der Waals surface area contributed by atoms with Crippen LogP contribution >= 0.6 is 12.6 Å². The number of carboxylic acids is 1. The van der Waals surface area contributed by atoms with Crippen molar-refractivity contribution in [3.8, 4) is 0 Å². The van der Waals surface area contributed by atoms with Gasteiger partial charge in [-0.25, -0.2) is 4.79 Å². The highest BCUT2D eigenvalue weighted by Crippen LogP contribution is 2.19. The predicted octanol–water partition coefficient (Wildman–Crippen LogP) is -1.79. The number of nitrogens with zero attached hydrogens (tertiary/aromatic N) is 1. The Morgan fingerprint density at radius 1 is 1.17 bits per heavy atom. The molecule has 11 nitrogen and oxygen atoms in total. The molecule has 0 saturated carbocycles. The average Bonchev–Trinajstić information content (AvgIpc) is 3.19. The van der Waals surface area contributed by atoms with E-state index in [1.807, 2.05) is 6.92 Å². The van der Waals surface area contributed by atoms with E-state index in [0.717, 1.165) is 4.90 Å². The Morgan fingerprint density at radius 3 is 2.27 bits per heavy atom. The van der Waals surface area contributed by atoms with Gasteiger partial charge >= 0.3 is 5.97 Å². The molecule has 1 heterocycles. The molecule has 0 aromatic rings. The molecule has 12 heteroatoms. The smallest absolute Gasteiger partial charge is 0.326 e. The van der Waals surface area contributed by atoms with Crippen LogP contribution in [0.2, 0.25) is 0 Å². The second-order valence-corrected chi connectivity index (χ2v) is 7.78. The molecule has 0 aliphatic carbocycles. The maximum atomic E-state index is 12.8. The maximum Gasteiger partial charge on any atom is 0.326 e. The number of amides is 4. The lowest BCUT2D eigenvalue weighted by molar-refractivity contribution is -0.149. The standard InChI is InChI=1S/C18H31N5O6S/c1-3-9(2)14(20)16(26)22-11(8-30)15(25)21-10(7-13(19)24)17(27)23-6-4-5-12(23)18(28)29/h9-12,14,30H,3-8,20H2,1-2H3,(H2,19,24)(H,21,25)(H,22,26)(H,28,29). The van der Waals surface area contributed by atoms with E-state index in [-0.39, 0.29) is 24.6 Å². The molecule has 1 aliphatic heterocycles. The Labute approximate surface area is 180 Å². The Hall–Kier alpha value is -2.34. The summed E-state index contributed by atoms with van der Waals surface area (Å²) in [6.07, 6.45) is 0.930. The van der Waals surface area contributed by atoms with Crippen LogP contribution in [0.4, 0.5) is 0 Å². The molecule has 0 aromatic heterocycles. The van der Waals surface area contributed by atoms with Crippen LogP contribution in [0.5, 0.6) is 0 Å². The van der Waals surface area contributed by atoms with Gasteiger partial charge in [0.2, 0.25) is 23.6 Å². The van der Waals surface area contributed by atoms with Crippen molar-refractivity contribution in [2.75, 3.05) is 12.3 Å². The molecule has 1 rings (SSSR count). The Balaban J connectivity index is 2.90. The fraction of sp³-hybridized carbons (Fsp3) is 0.722. The van der Waals surface area contributed by atoms with Crippen LogP contribution in [-0.4, -0.2) is 76.1 Å². The summed E-state index contributed by atoms with van der Waals surface area (Å²) >= 11 is 4.06. The van der Waals surface area contributed by atoms with E-state index < -0.39 is 60.2 Å². The molecule has 0 radical (unpaired) electrons. The summed E-state index contributed by atoms with van der Waals surface area (Å²) in [6, 6.07) is -4.31. The molecule has 0 aromatic carbocycles. The first kappa shape index (κ1) is 25.7. The first-order chi connectivity index (χ1) is 14.0. The van der Waals surface area contributed by atoms with E-state index in [1.54, 1.807) is 6.92 Å². The molecule has 4 amide bonds. The van der Waals surface area contributed by atoms with Gasteiger partial charge in [0.15, 0.2) is 0 Å². The average molecular weight is 446 g/mol. The number of nitrogens with one attached hydrogen (secondary N) is 2. The Morgan fingerprint density at radius 2 is 1.77 bits per heavy atom. The summed E-state index contributed by atoms with van der Waals surface area (Å²) in [5.41, 5.74) is 11.1. The number of hydrogen-bond acceptors (Lipinski definition) is 7. The van der Waals surface area contributed by atoms with Gasteiger partial charge in [-0.2, -0.15) is 12.6 Å².